The Morgan fingerprint density at radius 1 is 0.917 bits per heavy atom. The van der Waals surface area contributed by atoms with Crippen LogP contribution >= 0.6 is 0 Å². The summed E-state index contributed by atoms with van der Waals surface area (Å²) in [6, 6.07) is 17.9. The average Bonchev–Trinajstić information content (AvgIpc) is 3.39. The van der Waals surface area contributed by atoms with Gasteiger partial charge in [-0.05, 0) is 91.9 Å². The van der Waals surface area contributed by atoms with E-state index in [0.29, 0.717) is 29.6 Å². The Labute approximate surface area is 210 Å². The van der Waals surface area contributed by atoms with Crippen LogP contribution in [0.4, 0.5) is 11.5 Å². The largest absolute Gasteiger partial charge is 0.455 e. The maximum atomic E-state index is 6.31. The van der Waals surface area contributed by atoms with E-state index in [-0.39, 0.29) is 0 Å². The molecule has 0 fully saturated rings. The first kappa shape index (κ1) is 23.3. The zero-order valence-electron chi connectivity index (χ0n) is 20.6. The molecule has 8 nitrogen and oxygen atoms in total. The summed E-state index contributed by atoms with van der Waals surface area (Å²) >= 11 is 0. The second-order valence-corrected chi connectivity index (χ2v) is 8.82. The third-order valence-corrected chi connectivity index (χ3v) is 5.91. The maximum absolute atomic E-state index is 6.31. The number of benzene rings is 1. The highest BCUT2D eigenvalue weighted by atomic mass is 16.5. The van der Waals surface area contributed by atoms with Gasteiger partial charge < -0.3 is 10.1 Å². The standard InChI is InChI=1S/C28H27N7O/c1-18-12-21(7-8-22-17-31-35-34-22)15-23(13-18)33-27-16-24(9-11-30-27)36-26-14-19(2)20(3)32-28(26)25-6-4-5-10-29-25/h4-6,9-16H,7-8,17H2,1-3H3,(H,30,33). The van der Waals surface area contributed by atoms with Crippen molar-refractivity contribution in [2.24, 2.45) is 15.4 Å². The Balaban J connectivity index is 1.35. The lowest BCUT2D eigenvalue weighted by molar-refractivity contribution is 0.481. The van der Waals surface area contributed by atoms with Crippen molar-refractivity contribution in [2.75, 3.05) is 11.9 Å². The molecule has 3 aromatic heterocycles. The second-order valence-electron chi connectivity index (χ2n) is 8.82. The first-order valence-corrected chi connectivity index (χ1v) is 11.9. The zero-order chi connectivity index (χ0) is 24.9. The molecule has 0 bridgehead atoms. The molecule has 180 valence electrons. The summed E-state index contributed by atoms with van der Waals surface area (Å²) in [5.74, 6) is 2.01. The summed E-state index contributed by atoms with van der Waals surface area (Å²) in [5, 5.41) is 15.1. The third kappa shape index (κ3) is 5.60. The summed E-state index contributed by atoms with van der Waals surface area (Å²) in [6.45, 7) is 6.70. The topological polar surface area (TPSA) is 97.0 Å². The Kier molecular flexibility index (Phi) is 6.75. The highest BCUT2D eigenvalue weighted by Crippen LogP contribution is 2.33. The second kappa shape index (κ2) is 10.4. The van der Waals surface area contributed by atoms with Crippen LogP contribution in [0.25, 0.3) is 11.4 Å². The van der Waals surface area contributed by atoms with Crippen LogP contribution in [0.3, 0.4) is 0 Å². The quantitative estimate of drug-likeness (QED) is 0.303. The Morgan fingerprint density at radius 2 is 1.83 bits per heavy atom. The Hall–Kier alpha value is -4.46. The fourth-order valence-corrected chi connectivity index (χ4v) is 4.00. The Bertz CT molecular complexity index is 1450. The lowest BCUT2D eigenvalue weighted by atomic mass is 10.0. The molecule has 0 spiro atoms. The third-order valence-electron chi connectivity index (χ3n) is 5.91. The van der Waals surface area contributed by atoms with E-state index < -0.39 is 0 Å². The van der Waals surface area contributed by atoms with E-state index in [1.807, 2.05) is 50.2 Å². The molecule has 4 heterocycles. The van der Waals surface area contributed by atoms with E-state index in [1.54, 1.807) is 12.4 Å². The van der Waals surface area contributed by atoms with Gasteiger partial charge in [-0.2, -0.15) is 5.11 Å². The van der Waals surface area contributed by atoms with Gasteiger partial charge in [0.2, 0.25) is 0 Å². The molecule has 0 amide bonds. The van der Waals surface area contributed by atoms with E-state index in [9.17, 15) is 0 Å². The highest BCUT2D eigenvalue weighted by Gasteiger charge is 2.14. The van der Waals surface area contributed by atoms with Crippen LogP contribution in [-0.2, 0) is 6.42 Å². The molecule has 8 heteroatoms. The van der Waals surface area contributed by atoms with E-state index in [2.05, 4.69) is 55.8 Å². The molecule has 1 aliphatic heterocycles. The predicted molar refractivity (Wildman–Crippen MR) is 141 cm³/mol. The van der Waals surface area contributed by atoms with Crippen LogP contribution in [0.15, 0.2) is 82.4 Å². The highest BCUT2D eigenvalue weighted by molar-refractivity contribution is 5.87. The van der Waals surface area contributed by atoms with Gasteiger partial charge >= 0.3 is 0 Å². The first-order valence-electron chi connectivity index (χ1n) is 11.9. The number of hydrogen-bond donors (Lipinski definition) is 1. The van der Waals surface area contributed by atoms with Gasteiger partial charge in [0.1, 0.15) is 23.8 Å². The lowest BCUT2D eigenvalue weighted by Gasteiger charge is -2.14. The molecule has 1 aromatic carbocycles. The van der Waals surface area contributed by atoms with Gasteiger partial charge in [-0.1, -0.05) is 12.1 Å². The average molecular weight is 478 g/mol. The first-order chi connectivity index (χ1) is 17.5. The van der Waals surface area contributed by atoms with E-state index in [0.717, 1.165) is 41.2 Å². The van der Waals surface area contributed by atoms with Gasteiger partial charge in [-0.15, -0.1) is 5.10 Å². The van der Waals surface area contributed by atoms with E-state index in [1.165, 1.54) is 11.1 Å². The zero-order valence-corrected chi connectivity index (χ0v) is 20.6. The minimum atomic E-state index is 0.603. The molecule has 1 N–H and O–H groups in total. The number of anilines is 2. The SMILES string of the molecule is Cc1cc(CCC2=NN=NC2)cc(Nc2cc(Oc3cc(C)c(C)nc3-c3ccccn3)ccn2)c1. The van der Waals surface area contributed by atoms with Crippen LogP contribution < -0.4 is 10.1 Å². The van der Waals surface area contributed by atoms with Crippen LogP contribution in [0, 0.1) is 20.8 Å². The van der Waals surface area contributed by atoms with Crippen molar-refractivity contribution >= 4 is 17.2 Å². The number of ether oxygens (including phenoxy) is 1. The van der Waals surface area contributed by atoms with Gasteiger partial charge in [0.15, 0.2) is 5.75 Å². The summed E-state index contributed by atoms with van der Waals surface area (Å²) in [6.07, 6.45) is 5.22. The summed E-state index contributed by atoms with van der Waals surface area (Å²) in [4.78, 5) is 13.7. The van der Waals surface area contributed by atoms with Gasteiger partial charge in [0.05, 0.1) is 11.4 Å². The van der Waals surface area contributed by atoms with Gasteiger partial charge in [0.25, 0.3) is 0 Å². The van der Waals surface area contributed by atoms with Crippen molar-refractivity contribution in [1.82, 2.24) is 15.0 Å². The van der Waals surface area contributed by atoms with Crippen molar-refractivity contribution in [1.29, 1.82) is 0 Å². The number of aromatic nitrogens is 3. The van der Waals surface area contributed by atoms with Crippen molar-refractivity contribution in [3.05, 3.63) is 89.4 Å². The molecule has 0 atom stereocenters. The van der Waals surface area contributed by atoms with Crippen LogP contribution in [0.1, 0.15) is 28.8 Å². The summed E-state index contributed by atoms with van der Waals surface area (Å²) in [7, 11) is 0. The molecule has 0 saturated heterocycles. The monoisotopic (exact) mass is 477 g/mol. The fourth-order valence-electron chi connectivity index (χ4n) is 4.00. The molecule has 0 aliphatic carbocycles. The fraction of sp³-hybridized carbons (Fsp3) is 0.214. The number of pyridine rings is 3. The number of nitrogens with one attached hydrogen (secondary N) is 1. The van der Waals surface area contributed by atoms with Crippen LogP contribution in [0.5, 0.6) is 11.5 Å². The lowest BCUT2D eigenvalue weighted by Crippen LogP contribution is -2.02. The molecule has 1 aliphatic rings. The normalized spacial score (nSPS) is 12.5. The smallest absolute Gasteiger partial charge is 0.155 e. The van der Waals surface area contributed by atoms with Crippen LogP contribution in [0.2, 0.25) is 0 Å². The molecule has 0 radical (unpaired) electrons. The van der Waals surface area contributed by atoms with Gasteiger partial charge in [-0.25, -0.2) is 9.97 Å². The summed E-state index contributed by atoms with van der Waals surface area (Å²) in [5.41, 5.74) is 7.85. The number of nitrogens with zero attached hydrogens (tertiary/aromatic N) is 6. The van der Waals surface area contributed by atoms with Crippen LogP contribution in [-0.4, -0.2) is 27.2 Å². The molecule has 0 saturated carbocycles. The molecular formula is C28H27N7O. The Morgan fingerprint density at radius 3 is 2.64 bits per heavy atom. The van der Waals surface area contributed by atoms with Crippen molar-refractivity contribution in [3.8, 4) is 22.9 Å². The molecule has 4 aromatic rings. The van der Waals surface area contributed by atoms with Crippen molar-refractivity contribution in [2.45, 2.75) is 33.6 Å². The van der Waals surface area contributed by atoms with Crippen molar-refractivity contribution in [3.63, 3.8) is 0 Å². The number of rotatable bonds is 8. The maximum Gasteiger partial charge on any atom is 0.155 e. The predicted octanol–water partition coefficient (Wildman–Crippen LogP) is 6.75. The van der Waals surface area contributed by atoms with Crippen molar-refractivity contribution < 1.29 is 4.74 Å². The molecule has 36 heavy (non-hydrogen) atoms. The number of aryl methyl sites for hydroxylation is 4. The van der Waals surface area contributed by atoms with E-state index >= 15 is 0 Å². The van der Waals surface area contributed by atoms with Gasteiger partial charge in [-0.3, -0.25) is 4.98 Å². The molecule has 5 rings (SSSR count). The summed E-state index contributed by atoms with van der Waals surface area (Å²) < 4.78 is 6.31. The molecular weight excluding hydrogens is 450 g/mol. The minimum Gasteiger partial charge on any atom is -0.455 e. The van der Waals surface area contributed by atoms with E-state index in [4.69, 9.17) is 9.72 Å². The molecule has 0 unspecified atom stereocenters. The van der Waals surface area contributed by atoms with Gasteiger partial charge in [0, 0.05) is 29.8 Å². The minimum absolute atomic E-state index is 0.603. The number of hydrogen-bond acceptors (Lipinski definition) is 8.